The van der Waals surface area contributed by atoms with E-state index in [0.717, 1.165) is 67.6 Å². The van der Waals surface area contributed by atoms with Crippen LogP contribution in [0.15, 0.2) is 11.6 Å². The topological polar surface area (TPSA) is 57.5 Å². The first kappa shape index (κ1) is 29.7. The van der Waals surface area contributed by atoms with Gasteiger partial charge in [0.25, 0.3) is 0 Å². The molecule has 208 valence electrons. The normalized spacial score (nSPS) is 38.2. The third-order valence-electron chi connectivity index (χ3n) is 11.3. The lowest BCUT2D eigenvalue weighted by atomic mass is 9.47. The number of aliphatic hydroxyl groups excluding tert-OH is 1. The molecule has 0 unspecified atom stereocenters. The van der Waals surface area contributed by atoms with Gasteiger partial charge < -0.3 is 10.2 Å². The van der Waals surface area contributed by atoms with Gasteiger partial charge in [-0.15, -0.1) is 0 Å². The Hall–Kier alpha value is -0.830. The van der Waals surface area contributed by atoms with Crippen molar-refractivity contribution in [3.8, 4) is 0 Å². The molecule has 8 atom stereocenters. The number of aliphatic hydroxyl groups is 1. The van der Waals surface area contributed by atoms with Crippen LogP contribution in [0, 0.1) is 46.3 Å². The Bertz CT molecular complexity index is 741. The van der Waals surface area contributed by atoms with Crippen molar-refractivity contribution in [1.29, 1.82) is 0 Å². The average molecular weight is 503 g/mol. The number of carbonyl (C=O) groups is 1. The van der Waals surface area contributed by atoms with E-state index in [-0.39, 0.29) is 6.10 Å². The lowest BCUT2D eigenvalue weighted by molar-refractivity contribution is -0.137. The lowest BCUT2D eigenvalue weighted by Crippen LogP contribution is -2.50. The van der Waals surface area contributed by atoms with Gasteiger partial charge in [-0.2, -0.15) is 0 Å². The van der Waals surface area contributed by atoms with Gasteiger partial charge in [0.2, 0.25) is 0 Å². The third-order valence-corrected chi connectivity index (χ3v) is 11.3. The van der Waals surface area contributed by atoms with E-state index >= 15 is 0 Å². The molecule has 4 aliphatic carbocycles. The highest BCUT2D eigenvalue weighted by atomic mass is 16.4. The zero-order chi connectivity index (χ0) is 26.5. The fraction of sp³-hybridized carbons (Fsp3) is 0.909. The molecular weight excluding hydrogens is 444 g/mol. The number of fused-ring (bicyclic) bond motifs is 5. The molecule has 3 saturated carbocycles. The molecule has 0 bridgehead atoms. The summed E-state index contributed by atoms with van der Waals surface area (Å²) in [6.07, 6.45) is 20.4. The number of carboxylic acid groups (broad SMARTS) is 1. The number of carboxylic acids is 1. The number of allylic oxidation sites excluding steroid dienone is 1. The Morgan fingerprint density at radius 2 is 1.75 bits per heavy atom. The monoisotopic (exact) mass is 502 g/mol. The van der Waals surface area contributed by atoms with Crippen LogP contribution in [0.4, 0.5) is 0 Å². The van der Waals surface area contributed by atoms with E-state index in [2.05, 4.69) is 47.6 Å². The van der Waals surface area contributed by atoms with Gasteiger partial charge in [-0.25, -0.2) is 0 Å². The van der Waals surface area contributed by atoms with Crippen molar-refractivity contribution in [2.75, 3.05) is 0 Å². The molecule has 0 aromatic carbocycles. The fourth-order valence-corrected chi connectivity index (χ4v) is 9.19. The summed E-state index contributed by atoms with van der Waals surface area (Å²) in [7, 11) is 0. The summed E-state index contributed by atoms with van der Waals surface area (Å²) in [5, 5.41) is 18.3. The summed E-state index contributed by atoms with van der Waals surface area (Å²) in [6.45, 7) is 14.6. The molecule has 0 spiro atoms. The summed E-state index contributed by atoms with van der Waals surface area (Å²) in [5.41, 5.74) is 2.60. The van der Waals surface area contributed by atoms with Crippen LogP contribution in [0.5, 0.6) is 0 Å². The van der Waals surface area contributed by atoms with Crippen LogP contribution in [-0.2, 0) is 4.79 Å². The lowest BCUT2D eigenvalue weighted by Gasteiger charge is -2.58. The van der Waals surface area contributed by atoms with Crippen LogP contribution >= 0.6 is 0 Å². The minimum Gasteiger partial charge on any atom is -0.481 e. The molecule has 4 aliphatic rings. The van der Waals surface area contributed by atoms with E-state index in [1.54, 1.807) is 5.57 Å². The van der Waals surface area contributed by atoms with E-state index < -0.39 is 5.97 Å². The van der Waals surface area contributed by atoms with E-state index in [9.17, 15) is 9.90 Å². The molecular formula is C33H58O3. The van der Waals surface area contributed by atoms with E-state index in [0.29, 0.717) is 17.3 Å². The van der Waals surface area contributed by atoms with Gasteiger partial charge in [-0.3, -0.25) is 4.79 Å². The Balaban J connectivity index is 0.000000392. The highest BCUT2D eigenvalue weighted by molar-refractivity contribution is 5.66. The quantitative estimate of drug-likeness (QED) is 0.244. The Morgan fingerprint density at radius 3 is 2.42 bits per heavy atom. The average Bonchev–Trinajstić information content (AvgIpc) is 3.17. The third kappa shape index (κ3) is 6.59. The van der Waals surface area contributed by atoms with Crippen LogP contribution < -0.4 is 0 Å². The SMILES string of the molecule is CC(C)CCC[C@@H](C)[C@H]1CC[C@H]2[C@@H]3CC=C4C[C@@H](O)CC[C@]4(C)[C@H]3CC[C@]12C.CCCCCC(=O)O. The summed E-state index contributed by atoms with van der Waals surface area (Å²) >= 11 is 0. The van der Waals surface area contributed by atoms with E-state index in [1.807, 2.05) is 0 Å². The molecule has 0 radical (unpaired) electrons. The maximum Gasteiger partial charge on any atom is 0.303 e. The van der Waals surface area contributed by atoms with Crippen molar-refractivity contribution in [2.24, 2.45) is 46.3 Å². The van der Waals surface area contributed by atoms with Crippen molar-refractivity contribution in [3.63, 3.8) is 0 Å². The molecule has 2 N–H and O–H groups in total. The molecule has 36 heavy (non-hydrogen) atoms. The standard InChI is InChI=1S/C27H46O.C6H12O2/c1-18(2)7-6-8-19(3)23-11-12-24-22-10-9-20-17-21(28)13-15-26(20,4)25(22)14-16-27(23,24)5;1-2-3-4-5-6(7)8/h9,18-19,21-25,28H,6-8,10-17H2,1-5H3;2-5H2,1H3,(H,7,8)/t19-,21+,22+,23-,24+,25+,26+,27-;/m1./s1. The van der Waals surface area contributed by atoms with Gasteiger partial charge in [0.05, 0.1) is 6.10 Å². The van der Waals surface area contributed by atoms with Gasteiger partial charge >= 0.3 is 5.97 Å². The summed E-state index contributed by atoms with van der Waals surface area (Å²) < 4.78 is 0. The molecule has 3 heteroatoms. The van der Waals surface area contributed by atoms with Gasteiger partial charge in [0.15, 0.2) is 0 Å². The summed E-state index contributed by atoms with van der Waals surface area (Å²) in [4.78, 5) is 9.87. The van der Waals surface area contributed by atoms with Gasteiger partial charge in [0.1, 0.15) is 0 Å². The summed E-state index contributed by atoms with van der Waals surface area (Å²) in [6, 6.07) is 0. The second-order valence-electron chi connectivity index (χ2n) is 14.0. The minimum atomic E-state index is -0.682. The fourth-order valence-electron chi connectivity index (χ4n) is 9.19. The second-order valence-corrected chi connectivity index (χ2v) is 14.0. The zero-order valence-corrected chi connectivity index (χ0v) is 24.5. The van der Waals surface area contributed by atoms with E-state index in [1.165, 1.54) is 57.8 Å². The highest BCUT2D eigenvalue weighted by Gasteiger charge is 2.59. The van der Waals surface area contributed by atoms with Crippen LogP contribution in [-0.4, -0.2) is 22.3 Å². The minimum absolute atomic E-state index is 0.0766. The number of rotatable bonds is 9. The van der Waals surface area contributed by atoms with Crippen molar-refractivity contribution in [3.05, 3.63) is 11.6 Å². The zero-order valence-electron chi connectivity index (χ0n) is 24.5. The van der Waals surface area contributed by atoms with Crippen molar-refractivity contribution in [1.82, 2.24) is 0 Å². The predicted molar refractivity (Wildman–Crippen MR) is 151 cm³/mol. The van der Waals surface area contributed by atoms with Gasteiger partial charge in [-0.05, 0) is 104 Å². The van der Waals surface area contributed by atoms with Crippen molar-refractivity contribution in [2.45, 2.75) is 144 Å². The highest BCUT2D eigenvalue weighted by Crippen LogP contribution is 2.67. The number of unbranched alkanes of at least 4 members (excludes halogenated alkanes) is 2. The first-order valence-corrected chi connectivity index (χ1v) is 15.6. The van der Waals surface area contributed by atoms with Crippen LogP contribution in [0.3, 0.4) is 0 Å². The number of aliphatic carboxylic acids is 1. The predicted octanol–water partition coefficient (Wildman–Crippen LogP) is 9.04. The molecule has 4 rings (SSSR count). The largest absolute Gasteiger partial charge is 0.481 e. The first-order chi connectivity index (χ1) is 17.0. The molecule has 0 saturated heterocycles. The molecule has 0 aromatic heterocycles. The second kappa shape index (κ2) is 12.8. The molecule has 0 amide bonds. The van der Waals surface area contributed by atoms with Gasteiger partial charge in [0, 0.05) is 6.42 Å². The Morgan fingerprint density at radius 1 is 1.00 bits per heavy atom. The first-order valence-electron chi connectivity index (χ1n) is 15.6. The van der Waals surface area contributed by atoms with Crippen LogP contribution in [0.1, 0.15) is 138 Å². The van der Waals surface area contributed by atoms with Crippen molar-refractivity contribution < 1.29 is 15.0 Å². The maximum absolute atomic E-state index is 10.2. The number of hydrogen-bond donors (Lipinski definition) is 2. The maximum atomic E-state index is 10.2. The number of hydrogen-bond acceptors (Lipinski definition) is 2. The summed E-state index contributed by atoms with van der Waals surface area (Å²) in [5.74, 6) is 4.78. The van der Waals surface area contributed by atoms with E-state index in [4.69, 9.17) is 5.11 Å². The van der Waals surface area contributed by atoms with Crippen LogP contribution in [0.2, 0.25) is 0 Å². The van der Waals surface area contributed by atoms with Crippen molar-refractivity contribution >= 4 is 5.97 Å². The molecule has 0 heterocycles. The molecule has 0 aliphatic heterocycles. The van der Waals surface area contributed by atoms with Crippen LogP contribution in [0.25, 0.3) is 0 Å². The Labute approximate surface area is 222 Å². The molecule has 3 nitrogen and oxygen atoms in total. The smallest absolute Gasteiger partial charge is 0.303 e. The Kier molecular flexibility index (Phi) is 10.6. The van der Waals surface area contributed by atoms with Gasteiger partial charge in [-0.1, -0.05) is 85.3 Å². The molecule has 3 fully saturated rings. The molecule has 0 aromatic rings.